The molecule has 1 rings (SSSR count). The largest absolute Gasteiger partial charge is 0.307 e. The first-order chi connectivity index (χ1) is 5.61. The van der Waals surface area contributed by atoms with Crippen molar-refractivity contribution in [3.8, 4) is 0 Å². The van der Waals surface area contributed by atoms with Crippen LogP contribution in [0.3, 0.4) is 0 Å². The molecule has 0 aromatic heterocycles. The third-order valence-electron chi connectivity index (χ3n) is 1.96. The smallest absolute Gasteiger partial charge is 0.227 e. The van der Waals surface area contributed by atoms with Gasteiger partial charge in [-0.1, -0.05) is 26.1 Å². The third kappa shape index (κ3) is 2.27. The highest BCUT2D eigenvalue weighted by Gasteiger charge is 2.23. The van der Waals surface area contributed by atoms with Gasteiger partial charge in [0.05, 0.1) is 4.99 Å². The molecule has 2 nitrogen and oxygen atoms in total. The highest BCUT2D eigenvalue weighted by molar-refractivity contribution is 7.80. The van der Waals surface area contributed by atoms with Crippen molar-refractivity contribution >= 4 is 23.1 Å². The highest BCUT2D eigenvalue weighted by atomic mass is 32.1. The molecule has 12 heavy (non-hydrogen) atoms. The summed E-state index contributed by atoms with van der Waals surface area (Å²) in [5.74, 6) is 0.633. The van der Waals surface area contributed by atoms with E-state index in [-0.39, 0.29) is 5.91 Å². The Labute approximate surface area is 78.9 Å². The maximum Gasteiger partial charge on any atom is 0.227 e. The fraction of sp³-hybridized carbons (Fsp3) is 0.778. The molecular weight excluding hydrogens is 170 g/mol. The zero-order valence-electron chi connectivity index (χ0n) is 7.67. The van der Waals surface area contributed by atoms with E-state index in [4.69, 9.17) is 12.2 Å². The second-order valence-corrected chi connectivity index (χ2v) is 4.11. The standard InChI is InChI=1S/C9H15NOS/c1-7(2)6-8(11)10-5-3-4-9(10)12/h7H,3-6H2,1-2H3. The van der Waals surface area contributed by atoms with Crippen molar-refractivity contribution in [3.05, 3.63) is 0 Å². The number of likely N-dealkylation sites (tertiary alicyclic amines) is 1. The lowest BCUT2D eigenvalue weighted by Crippen LogP contribution is -2.31. The van der Waals surface area contributed by atoms with Crippen molar-refractivity contribution in [1.82, 2.24) is 4.90 Å². The van der Waals surface area contributed by atoms with E-state index in [1.807, 2.05) is 0 Å². The molecule has 68 valence electrons. The monoisotopic (exact) mass is 185 g/mol. The Balaban J connectivity index is 2.46. The maximum absolute atomic E-state index is 11.5. The van der Waals surface area contributed by atoms with Gasteiger partial charge in [0.25, 0.3) is 0 Å². The summed E-state index contributed by atoms with van der Waals surface area (Å²) in [6.07, 6.45) is 2.59. The number of hydrogen-bond acceptors (Lipinski definition) is 2. The molecule has 0 spiro atoms. The molecule has 1 aliphatic rings. The first-order valence-electron chi connectivity index (χ1n) is 4.44. The lowest BCUT2D eigenvalue weighted by Gasteiger charge is -2.16. The van der Waals surface area contributed by atoms with Crippen molar-refractivity contribution in [2.75, 3.05) is 6.54 Å². The molecule has 1 saturated heterocycles. The van der Waals surface area contributed by atoms with Crippen LogP contribution in [0, 0.1) is 5.92 Å². The summed E-state index contributed by atoms with van der Waals surface area (Å²) in [4.78, 5) is 14.1. The Morgan fingerprint density at radius 1 is 1.67 bits per heavy atom. The summed E-state index contributed by atoms with van der Waals surface area (Å²) >= 11 is 5.07. The lowest BCUT2D eigenvalue weighted by atomic mass is 10.1. The zero-order valence-corrected chi connectivity index (χ0v) is 8.49. The van der Waals surface area contributed by atoms with Crippen LogP contribution in [0.1, 0.15) is 33.1 Å². The van der Waals surface area contributed by atoms with E-state index in [9.17, 15) is 4.79 Å². The Kier molecular flexibility index (Phi) is 3.20. The summed E-state index contributed by atoms with van der Waals surface area (Å²) in [5.41, 5.74) is 0. The minimum Gasteiger partial charge on any atom is -0.307 e. The number of hydrogen-bond donors (Lipinski definition) is 0. The van der Waals surface area contributed by atoms with E-state index in [0.29, 0.717) is 12.3 Å². The minimum atomic E-state index is 0.201. The van der Waals surface area contributed by atoms with Gasteiger partial charge < -0.3 is 4.90 Å². The highest BCUT2D eigenvalue weighted by Crippen LogP contribution is 2.14. The number of nitrogens with zero attached hydrogens (tertiary/aromatic N) is 1. The molecule has 1 aliphatic heterocycles. The van der Waals surface area contributed by atoms with Crippen molar-refractivity contribution in [2.24, 2.45) is 5.92 Å². The fourth-order valence-electron chi connectivity index (χ4n) is 1.37. The first kappa shape index (κ1) is 9.65. The van der Waals surface area contributed by atoms with Crippen molar-refractivity contribution < 1.29 is 4.79 Å². The Hall–Kier alpha value is -0.440. The number of amides is 1. The summed E-state index contributed by atoms with van der Waals surface area (Å²) in [6.45, 7) is 4.94. The molecule has 0 atom stereocenters. The van der Waals surface area contributed by atoms with Crippen LogP contribution in [0.4, 0.5) is 0 Å². The van der Waals surface area contributed by atoms with Crippen LogP contribution in [0.5, 0.6) is 0 Å². The van der Waals surface area contributed by atoms with Crippen molar-refractivity contribution in [2.45, 2.75) is 33.1 Å². The normalized spacial score (nSPS) is 17.6. The van der Waals surface area contributed by atoms with Gasteiger partial charge in [-0.15, -0.1) is 0 Å². The number of carbonyl (C=O) groups is 1. The molecule has 0 saturated carbocycles. The summed E-state index contributed by atoms with van der Waals surface area (Å²) in [7, 11) is 0. The van der Waals surface area contributed by atoms with Gasteiger partial charge in [0, 0.05) is 19.4 Å². The first-order valence-corrected chi connectivity index (χ1v) is 4.85. The van der Waals surface area contributed by atoms with Crippen LogP contribution in [0.2, 0.25) is 0 Å². The maximum atomic E-state index is 11.5. The Morgan fingerprint density at radius 3 is 2.75 bits per heavy atom. The van der Waals surface area contributed by atoms with Crippen LogP contribution < -0.4 is 0 Å². The van der Waals surface area contributed by atoms with Gasteiger partial charge in [0.2, 0.25) is 5.91 Å². The SMILES string of the molecule is CC(C)CC(=O)N1CCCC1=S. The van der Waals surface area contributed by atoms with Crippen LogP contribution >= 0.6 is 12.2 Å². The van der Waals surface area contributed by atoms with Crippen LogP contribution in [0.15, 0.2) is 0 Å². The quantitative estimate of drug-likeness (QED) is 0.613. The molecule has 0 aromatic carbocycles. The predicted molar refractivity (Wildman–Crippen MR) is 53.0 cm³/mol. The van der Waals surface area contributed by atoms with Gasteiger partial charge in [-0.05, 0) is 12.3 Å². The molecule has 0 bridgehead atoms. The molecule has 3 heteroatoms. The van der Waals surface area contributed by atoms with Gasteiger partial charge in [0.15, 0.2) is 0 Å². The molecule has 0 aliphatic carbocycles. The number of carbonyl (C=O) groups excluding carboxylic acids is 1. The van der Waals surface area contributed by atoms with Gasteiger partial charge in [-0.25, -0.2) is 0 Å². The average molecular weight is 185 g/mol. The molecule has 0 aromatic rings. The Morgan fingerprint density at radius 2 is 2.33 bits per heavy atom. The van der Waals surface area contributed by atoms with Gasteiger partial charge in [-0.2, -0.15) is 0 Å². The van der Waals surface area contributed by atoms with Crippen LogP contribution in [0.25, 0.3) is 0 Å². The molecule has 1 heterocycles. The lowest BCUT2D eigenvalue weighted by molar-refractivity contribution is -0.127. The molecule has 0 radical (unpaired) electrons. The van der Waals surface area contributed by atoms with Crippen molar-refractivity contribution in [3.63, 3.8) is 0 Å². The second-order valence-electron chi connectivity index (χ2n) is 3.64. The molecule has 1 amide bonds. The average Bonchev–Trinajstić information content (AvgIpc) is 2.33. The Bertz CT molecular complexity index is 201. The molecule has 0 unspecified atom stereocenters. The van der Waals surface area contributed by atoms with E-state index in [2.05, 4.69) is 13.8 Å². The van der Waals surface area contributed by atoms with E-state index in [1.54, 1.807) is 4.90 Å². The van der Waals surface area contributed by atoms with Crippen LogP contribution in [-0.2, 0) is 4.79 Å². The number of thiocarbonyl (C=S) groups is 1. The predicted octanol–water partition coefficient (Wildman–Crippen LogP) is 1.98. The molecule has 0 N–H and O–H groups in total. The molecular formula is C9H15NOS. The second kappa shape index (κ2) is 3.99. The number of rotatable bonds is 2. The van der Waals surface area contributed by atoms with Gasteiger partial charge in [-0.3, -0.25) is 4.79 Å². The third-order valence-corrected chi connectivity index (χ3v) is 2.38. The summed E-state index contributed by atoms with van der Waals surface area (Å²) in [6, 6.07) is 0. The van der Waals surface area contributed by atoms with Gasteiger partial charge >= 0.3 is 0 Å². The van der Waals surface area contributed by atoms with Crippen LogP contribution in [-0.4, -0.2) is 22.3 Å². The fourth-order valence-corrected chi connectivity index (χ4v) is 1.71. The topological polar surface area (TPSA) is 20.3 Å². The molecule has 1 fully saturated rings. The van der Waals surface area contributed by atoms with E-state index >= 15 is 0 Å². The minimum absolute atomic E-state index is 0.201. The zero-order chi connectivity index (χ0) is 9.14. The van der Waals surface area contributed by atoms with Gasteiger partial charge in [0.1, 0.15) is 0 Å². The summed E-state index contributed by atoms with van der Waals surface area (Å²) < 4.78 is 0. The van der Waals surface area contributed by atoms with E-state index in [0.717, 1.165) is 24.4 Å². The summed E-state index contributed by atoms with van der Waals surface area (Å²) in [5, 5.41) is 0. The van der Waals surface area contributed by atoms with E-state index < -0.39 is 0 Å². The van der Waals surface area contributed by atoms with E-state index in [1.165, 1.54) is 0 Å². The van der Waals surface area contributed by atoms with Crippen molar-refractivity contribution in [1.29, 1.82) is 0 Å².